The van der Waals surface area contributed by atoms with Crippen molar-refractivity contribution in [3.8, 4) is 5.75 Å². The van der Waals surface area contributed by atoms with Crippen molar-refractivity contribution >= 4 is 21.6 Å². The molecule has 0 saturated carbocycles. The number of halogens is 4. The second kappa shape index (κ2) is 8.36. The maximum Gasteiger partial charge on any atom is 0.573 e. The van der Waals surface area contributed by atoms with Crippen molar-refractivity contribution in [2.75, 3.05) is 25.1 Å². The van der Waals surface area contributed by atoms with Crippen LogP contribution in [-0.2, 0) is 4.74 Å². The van der Waals surface area contributed by atoms with Crippen molar-refractivity contribution < 1.29 is 22.6 Å². The van der Waals surface area contributed by atoms with Crippen LogP contribution in [0.2, 0.25) is 0 Å². The summed E-state index contributed by atoms with van der Waals surface area (Å²) in [6.45, 7) is 3.57. The number of alkyl halides is 3. The van der Waals surface area contributed by atoms with Gasteiger partial charge in [-0.2, -0.15) is 0 Å². The molecule has 0 amide bonds. The fourth-order valence-corrected chi connectivity index (χ4v) is 1.80. The molecule has 0 unspecified atom stereocenters. The van der Waals surface area contributed by atoms with Gasteiger partial charge in [-0.3, -0.25) is 0 Å². The van der Waals surface area contributed by atoms with E-state index in [-0.39, 0.29) is 11.4 Å². The average Bonchev–Trinajstić information content (AvgIpc) is 2.34. The molecular weight excluding hydrogens is 339 g/mol. The van der Waals surface area contributed by atoms with Crippen molar-refractivity contribution in [3.05, 3.63) is 22.7 Å². The van der Waals surface area contributed by atoms with Crippen LogP contribution in [-0.4, -0.2) is 26.1 Å². The van der Waals surface area contributed by atoms with Gasteiger partial charge >= 0.3 is 6.36 Å². The van der Waals surface area contributed by atoms with Gasteiger partial charge in [-0.1, -0.05) is 29.3 Å². The van der Waals surface area contributed by atoms with Crippen LogP contribution >= 0.6 is 15.9 Å². The molecule has 20 heavy (non-hydrogen) atoms. The summed E-state index contributed by atoms with van der Waals surface area (Å²) in [5.41, 5.74) is 0.282. The van der Waals surface area contributed by atoms with Crippen molar-refractivity contribution in [2.24, 2.45) is 0 Å². The maximum absolute atomic E-state index is 12.3. The molecule has 0 aliphatic carbocycles. The van der Waals surface area contributed by atoms with E-state index in [1.807, 2.05) is 0 Å². The molecule has 0 atom stereocenters. The predicted octanol–water partition coefficient (Wildman–Crippen LogP) is 4.58. The predicted molar refractivity (Wildman–Crippen MR) is 75.0 cm³/mol. The Kier molecular flexibility index (Phi) is 7.15. The number of unbranched alkanes of at least 4 members (excludes halogenated alkanes) is 1. The van der Waals surface area contributed by atoms with E-state index in [0.29, 0.717) is 24.2 Å². The Labute approximate surface area is 124 Å². The van der Waals surface area contributed by atoms with E-state index in [2.05, 4.69) is 32.9 Å². The number of ether oxygens (including phenoxy) is 2. The summed E-state index contributed by atoms with van der Waals surface area (Å²) in [4.78, 5) is 0. The molecule has 3 nitrogen and oxygen atoms in total. The van der Waals surface area contributed by atoms with Gasteiger partial charge in [0.25, 0.3) is 0 Å². The molecule has 0 radical (unpaired) electrons. The van der Waals surface area contributed by atoms with Gasteiger partial charge in [-0.15, -0.1) is 13.2 Å². The molecule has 1 aromatic rings. The summed E-state index contributed by atoms with van der Waals surface area (Å²) in [7, 11) is 0. The van der Waals surface area contributed by atoms with E-state index in [9.17, 15) is 13.2 Å². The molecule has 0 bridgehead atoms. The fourth-order valence-electron chi connectivity index (χ4n) is 1.46. The number of rotatable bonds is 8. The molecule has 1 rings (SSSR count). The third-order valence-electron chi connectivity index (χ3n) is 2.37. The minimum Gasteiger partial charge on any atom is -0.404 e. The van der Waals surface area contributed by atoms with Crippen molar-refractivity contribution in [1.29, 1.82) is 0 Å². The van der Waals surface area contributed by atoms with E-state index in [4.69, 9.17) is 4.74 Å². The van der Waals surface area contributed by atoms with Crippen LogP contribution in [0.3, 0.4) is 0 Å². The van der Waals surface area contributed by atoms with Crippen LogP contribution < -0.4 is 10.1 Å². The highest BCUT2D eigenvalue weighted by Crippen LogP contribution is 2.32. The number of hydrogen-bond acceptors (Lipinski definition) is 3. The second-order valence-corrected chi connectivity index (χ2v) is 5.00. The molecule has 1 aromatic carbocycles. The SMILES string of the molecule is CCCCOCCNc1ccc(Br)cc1OC(F)(F)F. The molecule has 0 aliphatic rings. The summed E-state index contributed by atoms with van der Waals surface area (Å²) >= 11 is 3.11. The number of hydrogen-bond donors (Lipinski definition) is 1. The zero-order chi connectivity index (χ0) is 15.0. The third-order valence-corrected chi connectivity index (χ3v) is 2.87. The van der Waals surface area contributed by atoms with Gasteiger partial charge in [0.05, 0.1) is 12.3 Å². The molecular formula is C13H17BrF3NO2. The first-order valence-corrected chi connectivity index (χ1v) is 7.08. The van der Waals surface area contributed by atoms with Crippen LogP contribution in [0.25, 0.3) is 0 Å². The monoisotopic (exact) mass is 355 g/mol. The Balaban J connectivity index is 2.51. The first-order valence-electron chi connectivity index (χ1n) is 6.29. The maximum atomic E-state index is 12.3. The molecule has 7 heteroatoms. The summed E-state index contributed by atoms with van der Waals surface area (Å²) in [6.07, 6.45) is -2.70. The third kappa shape index (κ3) is 7.00. The number of anilines is 1. The highest BCUT2D eigenvalue weighted by Gasteiger charge is 2.32. The van der Waals surface area contributed by atoms with Crippen molar-refractivity contribution in [1.82, 2.24) is 0 Å². The topological polar surface area (TPSA) is 30.5 Å². The normalized spacial score (nSPS) is 11.4. The lowest BCUT2D eigenvalue weighted by Gasteiger charge is -2.15. The van der Waals surface area contributed by atoms with E-state index in [1.54, 1.807) is 6.07 Å². The van der Waals surface area contributed by atoms with E-state index < -0.39 is 6.36 Å². The average molecular weight is 356 g/mol. The largest absolute Gasteiger partial charge is 0.573 e. The van der Waals surface area contributed by atoms with Crippen molar-refractivity contribution in [2.45, 2.75) is 26.1 Å². The first-order chi connectivity index (χ1) is 9.42. The van der Waals surface area contributed by atoms with Crippen molar-refractivity contribution in [3.63, 3.8) is 0 Å². The highest BCUT2D eigenvalue weighted by atomic mass is 79.9. The van der Waals surface area contributed by atoms with Gasteiger partial charge < -0.3 is 14.8 Å². The molecule has 114 valence electrons. The Morgan fingerprint density at radius 3 is 2.65 bits per heavy atom. The van der Waals surface area contributed by atoms with Gasteiger partial charge in [0.2, 0.25) is 0 Å². The minimum atomic E-state index is -4.71. The Bertz CT molecular complexity index is 413. The van der Waals surface area contributed by atoms with Gasteiger partial charge in [0.1, 0.15) is 0 Å². The van der Waals surface area contributed by atoms with Crippen LogP contribution in [0.1, 0.15) is 19.8 Å². The molecule has 1 N–H and O–H groups in total. The van der Waals surface area contributed by atoms with E-state index >= 15 is 0 Å². The van der Waals surface area contributed by atoms with Gasteiger partial charge in [-0.05, 0) is 24.6 Å². The van der Waals surface area contributed by atoms with Gasteiger partial charge in [0.15, 0.2) is 5.75 Å². The minimum absolute atomic E-state index is 0.263. The summed E-state index contributed by atoms with van der Waals surface area (Å²) in [5.74, 6) is -0.263. The molecule has 0 fully saturated rings. The summed E-state index contributed by atoms with van der Waals surface area (Å²) in [5, 5.41) is 2.87. The van der Waals surface area contributed by atoms with Crippen LogP contribution in [0.4, 0.5) is 18.9 Å². The summed E-state index contributed by atoms with van der Waals surface area (Å²) in [6, 6.07) is 4.44. The number of nitrogens with one attached hydrogen (secondary N) is 1. The van der Waals surface area contributed by atoms with Crippen LogP contribution in [0, 0.1) is 0 Å². The Hall–Kier alpha value is -0.950. The quantitative estimate of drug-likeness (QED) is 0.692. The number of benzene rings is 1. The molecule has 0 aromatic heterocycles. The zero-order valence-corrected chi connectivity index (χ0v) is 12.7. The van der Waals surface area contributed by atoms with Gasteiger partial charge in [0, 0.05) is 17.6 Å². The van der Waals surface area contributed by atoms with Gasteiger partial charge in [-0.25, -0.2) is 0 Å². The molecule has 0 heterocycles. The second-order valence-electron chi connectivity index (χ2n) is 4.08. The van der Waals surface area contributed by atoms with Crippen LogP contribution in [0.5, 0.6) is 5.75 Å². The smallest absolute Gasteiger partial charge is 0.404 e. The van der Waals surface area contributed by atoms with E-state index in [0.717, 1.165) is 12.8 Å². The molecule has 0 aliphatic heterocycles. The fraction of sp³-hybridized carbons (Fsp3) is 0.538. The molecule has 0 saturated heterocycles. The Morgan fingerprint density at radius 1 is 1.25 bits per heavy atom. The Morgan fingerprint density at radius 2 is 2.00 bits per heavy atom. The zero-order valence-electron chi connectivity index (χ0n) is 11.1. The highest BCUT2D eigenvalue weighted by molar-refractivity contribution is 9.10. The van der Waals surface area contributed by atoms with E-state index in [1.165, 1.54) is 12.1 Å². The lowest BCUT2D eigenvalue weighted by Crippen LogP contribution is -2.19. The summed E-state index contributed by atoms with van der Waals surface area (Å²) < 4.78 is 46.7. The standard InChI is InChI=1S/C13H17BrF3NO2/c1-2-3-7-19-8-6-18-11-5-4-10(14)9-12(11)20-13(15,16)17/h4-5,9,18H,2-3,6-8H2,1H3. The first kappa shape index (κ1) is 17.1. The lowest BCUT2D eigenvalue weighted by molar-refractivity contribution is -0.274. The molecule has 0 spiro atoms. The van der Waals surface area contributed by atoms with Crippen LogP contribution in [0.15, 0.2) is 22.7 Å². The lowest BCUT2D eigenvalue weighted by atomic mass is 10.3.